The molecule has 0 aromatic heterocycles. The molecule has 0 unspecified atom stereocenters. The molecule has 2 saturated heterocycles. The standard InChI is InChI=1S/C20H28N2O3/c23-20(22-11-9-16-3-1-2-4-19(16)22)21-17-5-7-18(8-6-17)25-14-15-10-12-24-13-15/h5-8,15-16,19H,1-4,9-14H2,(H,21,23)/t15-,16-,19+/m1/s1. The van der Waals surface area contributed by atoms with E-state index in [-0.39, 0.29) is 6.03 Å². The van der Waals surface area contributed by atoms with Crippen LogP contribution in [0.2, 0.25) is 0 Å². The molecule has 136 valence electrons. The number of carbonyl (C=O) groups excluding carboxylic acids is 1. The van der Waals surface area contributed by atoms with Crippen molar-refractivity contribution in [3.8, 4) is 5.75 Å². The normalized spacial score (nSPS) is 28.6. The number of anilines is 1. The van der Waals surface area contributed by atoms with E-state index >= 15 is 0 Å². The highest BCUT2D eigenvalue weighted by atomic mass is 16.5. The number of likely N-dealkylation sites (tertiary alicyclic amines) is 1. The highest BCUT2D eigenvalue weighted by Gasteiger charge is 2.38. The number of nitrogens with one attached hydrogen (secondary N) is 1. The van der Waals surface area contributed by atoms with Crippen LogP contribution in [0.15, 0.2) is 24.3 Å². The molecule has 2 amide bonds. The molecule has 1 N–H and O–H groups in total. The van der Waals surface area contributed by atoms with Crippen LogP contribution < -0.4 is 10.1 Å². The molecule has 1 aromatic carbocycles. The van der Waals surface area contributed by atoms with Crippen molar-refractivity contribution in [3.63, 3.8) is 0 Å². The summed E-state index contributed by atoms with van der Waals surface area (Å²) in [5.74, 6) is 2.06. The molecule has 1 saturated carbocycles. The summed E-state index contributed by atoms with van der Waals surface area (Å²) in [5.41, 5.74) is 0.834. The first-order valence-corrected chi connectivity index (χ1v) is 9.68. The molecule has 0 radical (unpaired) electrons. The zero-order chi connectivity index (χ0) is 17.1. The van der Waals surface area contributed by atoms with Crippen molar-refractivity contribution in [1.82, 2.24) is 4.90 Å². The molecule has 1 aliphatic carbocycles. The fourth-order valence-corrected chi connectivity index (χ4v) is 4.42. The number of amides is 2. The molecule has 3 aliphatic rings. The van der Waals surface area contributed by atoms with Gasteiger partial charge in [0.2, 0.25) is 0 Å². The Morgan fingerprint density at radius 1 is 1.16 bits per heavy atom. The summed E-state index contributed by atoms with van der Waals surface area (Å²) in [6, 6.07) is 8.20. The monoisotopic (exact) mass is 344 g/mol. The molecule has 3 atom stereocenters. The van der Waals surface area contributed by atoms with E-state index < -0.39 is 0 Å². The highest BCUT2D eigenvalue weighted by Crippen LogP contribution is 2.36. The lowest BCUT2D eigenvalue weighted by Gasteiger charge is -2.31. The number of urea groups is 1. The van der Waals surface area contributed by atoms with E-state index in [1.54, 1.807) is 0 Å². The third kappa shape index (κ3) is 3.92. The molecule has 0 bridgehead atoms. The third-order valence-corrected chi connectivity index (χ3v) is 5.89. The van der Waals surface area contributed by atoms with Crippen molar-refractivity contribution in [1.29, 1.82) is 0 Å². The second-order valence-electron chi connectivity index (χ2n) is 7.59. The summed E-state index contributed by atoms with van der Waals surface area (Å²) in [7, 11) is 0. The Bertz CT molecular complexity index is 583. The second-order valence-corrected chi connectivity index (χ2v) is 7.59. The van der Waals surface area contributed by atoms with Crippen LogP contribution in [0.1, 0.15) is 38.5 Å². The summed E-state index contributed by atoms with van der Waals surface area (Å²) < 4.78 is 11.2. The molecule has 3 fully saturated rings. The molecular weight excluding hydrogens is 316 g/mol. The van der Waals surface area contributed by atoms with Gasteiger partial charge in [0, 0.05) is 30.8 Å². The van der Waals surface area contributed by atoms with Gasteiger partial charge >= 0.3 is 6.03 Å². The Labute approximate surface area is 149 Å². The molecule has 2 aliphatic heterocycles. The zero-order valence-corrected chi connectivity index (χ0v) is 14.8. The molecule has 1 aromatic rings. The summed E-state index contributed by atoms with van der Waals surface area (Å²) >= 11 is 0. The number of hydrogen-bond donors (Lipinski definition) is 1. The van der Waals surface area contributed by atoms with E-state index in [1.807, 2.05) is 29.2 Å². The Balaban J connectivity index is 1.29. The Morgan fingerprint density at radius 2 is 2.00 bits per heavy atom. The van der Waals surface area contributed by atoms with Crippen LogP contribution in [-0.2, 0) is 4.74 Å². The first-order chi connectivity index (χ1) is 12.3. The number of fused-ring (bicyclic) bond motifs is 1. The van der Waals surface area contributed by atoms with Gasteiger partial charge in [0.1, 0.15) is 5.75 Å². The van der Waals surface area contributed by atoms with E-state index in [0.29, 0.717) is 18.6 Å². The van der Waals surface area contributed by atoms with E-state index in [2.05, 4.69) is 5.32 Å². The van der Waals surface area contributed by atoms with Gasteiger partial charge in [-0.25, -0.2) is 4.79 Å². The van der Waals surface area contributed by atoms with Gasteiger partial charge in [0.15, 0.2) is 0 Å². The summed E-state index contributed by atoms with van der Waals surface area (Å²) in [5, 5.41) is 3.05. The number of ether oxygens (including phenoxy) is 2. The van der Waals surface area contributed by atoms with Crippen LogP contribution >= 0.6 is 0 Å². The van der Waals surface area contributed by atoms with Crippen LogP contribution in [0, 0.1) is 11.8 Å². The second kappa shape index (κ2) is 7.65. The molecule has 25 heavy (non-hydrogen) atoms. The predicted molar refractivity (Wildman–Crippen MR) is 97.0 cm³/mol. The minimum absolute atomic E-state index is 0.0474. The summed E-state index contributed by atoms with van der Waals surface area (Å²) in [6.45, 7) is 3.23. The Kier molecular flexibility index (Phi) is 5.11. The van der Waals surface area contributed by atoms with Crippen LogP contribution in [0.5, 0.6) is 5.75 Å². The van der Waals surface area contributed by atoms with Crippen molar-refractivity contribution in [2.75, 3.05) is 31.7 Å². The minimum atomic E-state index is 0.0474. The van der Waals surface area contributed by atoms with Gasteiger partial charge in [-0.2, -0.15) is 0 Å². The van der Waals surface area contributed by atoms with Crippen molar-refractivity contribution in [3.05, 3.63) is 24.3 Å². The number of hydrogen-bond acceptors (Lipinski definition) is 3. The van der Waals surface area contributed by atoms with Gasteiger partial charge in [-0.15, -0.1) is 0 Å². The van der Waals surface area contributed by atoms with Crippen LogP contribution in [0.4, 0.5) is 10.5 Å². The number of benzene rings is 1. The van der Waals surface area contributed by atoms with Crippen molar-refractivity contribution >= 4 is 11.7 Å². The lowest BCUT2D eigenvalue weighted by Crippen LogP contribution is -2.41. The SMILES string of the molecule is O=C(Nc1ccc(OC[C@@H]2CCOC2)cc1)N1CC[C@H]2CCCC[C@@H]21. The smallest absolute Gasteiger partial charge is 0.322 e. The molecule has 5 heteroatoms. The zero-order valence-electron chi connectivity index (χ0n) is 14.8. The van der Waals surface area contributed by atoms with Gasteiger partial charge in [-0.1, -0.05) is 12.8 Å². The van der Waals surface area contributed by atoms with Crippen LogP contribution in [0.25, 0.3) is 0 Å². The fourth-order valence-electron chi connectivity index (χ4n) is 4.42. The van der Waals surface area contributed by atoms with Gasteiger partial charge in [0.25, 0.3) is 0 Å². The highest BCUT2D eigenvalue weighted by molar-refractivity contribution is 5.89. The molecule has 0 spiro atoms. The van der Waals surface area contributed by atoms with Crippen molar-refractivity contribution in [2.45, 2.75) is 44.6 Å². The maximum atomic E-state index is 12.6. The van der Waals surface area contributed by atoms with Gasteiger partial charge in [0.05, 0.1) is 13.2 Å². The largest absolute Gasteiger partial charge is 0.493 e. The maximum Gasteiger partial charge on any atom is 0.322 e. The quantitative estimate of drug-likeness (QED) is 0.901. The van der Waals surface area contributed by atoms with E-state index in [9.17, 15) is 4.79 Å². The average Bonchev–Trinajstić information content (AvgIpc) is 3.31. The van der Waals surface area contributed by atoms with Gasteiger partial charge in [-0.3, -0.25) is 0 Å². The van der Waals surface area contributed by atoms with E-state index in [0.717, 1.165) is 56.4 Å². The third-order valence-electron chi connectivity index (χ3n) is 5.89. The fraction of sp³-hybridized carbons (Fsp3) is 0.650. The van der Waals surface area contributed by atoms with Gasteiger partial charge in [-0.05, 0) is 55.9 Å². The summed E-state index contributed by atoms with van der Waals surface area (Å²) in [4.78, 5) is 14.7. The van der Waals surface area contributed by atoms with E-state index in [1.165, 1.54) is 19.3 Å². The summed E-state index contributed by atoms with van der Waals surface area (Å²) in [6.07, 6.45) is 7.26. The predicted octanol–water partition coefficient (Wildman–Crippen LogP) is 3.90. The van der Waals surface area contributed by atoms with Crippen LogP contribution in [0.3, 0.4) is 0 Å². The van der Waals surface area contributed by atoms with E-state index in [4.69, 9.17) is 9.47 Å². The average molecular weight is 344 g/mol. The topological polar surface area (TPSA) is 50.8 Å². The van der Waals surface area contributed by atoms with Crippen molar-refractivity contribution in [2.24, 2.45) is 11.8 Å². The van der Waals surface area contributed by atoms with Crippen molar-refractivity contribution < 1.29 is 14.3 Å². The maximum absolute atomic E-state index is 12.6. The molecule has 5 nitrogen and oxygen atoms in total. The number of nitrogens with zero attached hydrogens (tertiary/aromatic N) is 1. The number of carbonyl (C=O) groups is 1. The minimum Gasteiger partial charge on any atom is -0.493 e. The lowest BCUT2D eigenvalue weighted by atomic mass is 9.85. The Hall–Kier alpha value is -1.75. The molecule has 4 rings (SSSR count). The first kappa shape index (κ1) is 16.7. The van der Waals surface area contributed by atoms with Gasteiger partial charge < -0.3 is 19.7 Å². The molecular formula is C20H28N2O3. The first-order valence-electron chi connectivity index (χ1n) is 9.68. The molecule has 2 heterocycles. The van der Waals surface area contributed by atoms with Crippen LogP contribution in [-0.4, -0.2) is 43.3 Å². The lowest BCUT2D eigenvalue weighted by molar-refractivity contribution is 0.167. The number of rotatable bonds is 4. The Morgan fingerprint density at radius 3 is 2.80 bits per heavy atom.